The molecule has 0 unspecified atom stereocenters. The van der Waals surface area contributed by atoms with Crippen LogP contribution in [-0.4, -0.2) is 46.7 Å². The summed E-state index contributed by atoms with van der Waals surface area (Å²) in [6.07, 6.45) is 0. The summed E-state index contributed by atoms with van der Waals surface area (Å²) >= 11 is 0. The summed E-state index contributed by atoms with van der Waals surface area (Å²) in [6, 6.07) is 17.0. The Balaban J connectivity index is 1.64. The monoisotopic (exact) mass is 460 g/mol. The van der Waals surface area contributed by atoms with Crippen LogP contribution >= 0.6 is 0 Å². The van der Waals surface area contributed by atoms with Crippen molar-refractivity contribution >= 4 is 29.0 Å². The number of carbonyl (C=O) groups is 3. The number of aromatic nitrogens is 1. The SMILES string of the molecule is CCN(CC(=O)Nc1ccc(NC(C)=O)cc1)CC(=O)c1cc(C)n(-c2ccc(C)cc2)c1C. The summed E-state index contributed by atoms with van der Waals surface area (Å²) in [7, 11) is 0. The Morgan fingerprint density at radius 1 is 0.853 bits per heavy atom. The number of ketones is 1. The molecule has 7 heteroatoms. The number of rotatable bonds is 9. The minimum absolute atomic E-state index is 0.0132. The molecule has 178 valence electrons. The van der Waals surface area contributed by atoms with Crippen LogP contribution in [-0.2, 0) is 9.59 Å². The Kier molecular flexibility index (Phi) is 8.02. The van der Waals surface area contributed by atoms with Crippen LogP contribution < -0.4 is 10.6 Å². The largest absolute Gasteiger partial charge is 0.326 e. The number of benzene rings is 2. The molecule has 0 radical (unpaired) electrons. The standard InChI is InChI=1S/C27H32N4O3/c1-6-30(17-27(34)29-23-11-9-22(10-12-23)28-21(5)32)16-26(33)25-15-19(3)31(20(25)4)24-13-7-18(2)8-14-24/h7-15H,6,16-17H2,1-5H3,(H,28,32)(H,29,34). The smallest absolute Gasteiger partial charge is 0.238 e. The van der Waals surface area contributed by atoms with Gasteiger partial charge in [0.05, 0.1) is 13.1 Å². The highest BCUT2D eigenvalue weighted by Gasteiger charge is 2.20. The van der Waals surface area contributed by atoms with Gasteiger partial charge in [0.2, 0.25) is 11.8 Å². The molecule has 0 fully saturated rings. The van der Waals surface area contributed by atoms with Crippen LogP contribution in [0.15, 0.2) is 54.6 Å². The van der Waals surface area contributed by atoms with Gasteiger partial charge in [-0.05, 0) is 69.8 Å². The van der Waals surface area contributed by atoms with Gasteiger partial charge >= 0.3 is 0 Å². The van der Waals surface area contributed by atoms with Crippen molar-refractivity contribution in [2.75, 3.05) is 30.3 Å². The van der Waals surface area contributed by atoms with Crippen molar-refractivity contribution in [1.82, 2.24) is 9.47 Å². The molecular formula is C27H32N4O3. The second-order valence-electron chi connectivity index (χ2n) is 8.49. The number of likely N-dealkylation sites (N-methyl/N-ethyl adjacent to an activating group) is 1. The van der Waals surface area contributed by atoms with E-state index in [1.54, 1.807) is 24.3 Å². The molecule has 3 aromatic rings. The molecule has 0 bridgehead atoms. The van der Waals surface area contributed by atoms with Gasteiger partial charge in [0.1, 0.15) is 0 Å². The molecule has 0 atom stereocenters. The molecule has 7 nitrogen and oxygen atoms in total. The van der Waals surface area contributed by atoms with E-state index in [4.69, 9.17) is 0 Å². The van der Waals surface area contributed by atoms with E-state index in [-0.39, 0.29) is 30.7 Å². The molecular weight excluding hydrogens is 428 g/mol. The summed E-state index contributed by atoms with van der Waals surface area (Å²) < 4.78 is 2.08. The zero-order chi connectivity index (χ0) is 24.8. The van der Waals surface area contributed by atoms with E-state index in [9.17, 15) is 14.4 Å². The van der Waals surface area contributed by atoms with Gasteiger partial charge in [-0.15, -0.1) is 0 Å². The number of carbonyl (C=O) groups excluding carboxylic acids is 3. The lowest BCUT2D eigenvalue weighted by atomic mass is 10.1. The number of anilines is 2. The highest BCUT2D eigenvalue weighted by molar-refractivity contribution is 6.00. The summed E-state index contributed by atoms with van der Waals surface area (Å²) in [5.41, 5.74) is 6.06. The molecule has 0 spiro atoms. The van der Waals surface area contributed by atoms with Crippen LogP contribution in [0.5, 0.6) is 0 Å². The van der Waals surface area contributed by atoms with Crippen LogP contribution in [0.25, 0.3) is 5.69 Å². The number of Topliss-reactive ketones (excluding diaryl/α,β-unsaturated/α-hetero) is 1. The molecule has 2 amide bonds. The first-order valence-corrected chi connectivity index (χ1v) is 11.4. The quantitative estimate of drug-likeness (QED) is 0.461. The highest BCUT2D eigenvalue weighted by atomic mass is 16.2. The van der Waals surface area contributed by atoms with Crippen LogP contribution in [0.2, 0.25) is 0 Å². The minimum atomic E-state index is -0.202. The molecule has 0 aliphatic heterocycles. The Morgan fingerprint density at radius 2 is 1.44 bits per heavy atom. The van der Waals surface area contributed by atoms with E-state index in [0.29, 0.717) is 23.5 Å². The third kappa shape index (κ3) is 6.20. The maximum Gasteiger partial charge on any atom is 0.238 e. The lowest BCUT2D eigenvalue weighted by Crippen LogP contribution is -2.37. The van der Waals surface area contributed by atoms with Crippen molar-refractivity contribution in [2.24, 2.45) is 0 Å². The molecule has 0 aliphatic rings. The third-order valence-electron chi connectivity index (χ3n) is 5.69. The van der Waals surface area contributed by atoms with Gasteiger partial charge in [-0.25, -0.2) is 0 Å². The van der Waals surface area contributed by atoms with Gasteiger partial charge in [0, 0.05) is 40.9 Å². The summed E-state index contributed by atoms with van der Waals surface area (Å²) in [5, 5.41) is 5.53. The number of hydrogen-bond donors (Lipinski definition) is 2. The van der Waals surface area contributed by atoms with Gasteiger partial charge in [-0.3, -0.25) is 19.3 Å². The first-order chi connectivity index (χ1) is 16.2. The Hall–Kier alpha value is -3.71. The van der Waals surface area contributed by atoms with Gasteiger partial charge in [0.25, 0.3) is 0 Å². The predicted molar refractivity (Wildman–Crippen MR) is 136 cm³/mol. The third-order valence-corrected chi connectivity index (χ3v) is 5.69. The molecule has 0 saturated heterocycles. The summed E-state index contributed by atoms with van der Waals surface area (Å²) in [5.74, 6) is -0.368. The van der Waals surface area contributed by atoms with Crippen LogP contribution in [0, 0.1) is 20.8 Å². The Morgan fingerprint density at radius 3 is 2.00 bits per heavy atom. The van der Waals surface area contributed by atoms with E-state index in [0.717, 1.165) is 17.1 Å². The fraction of sp³-hybridized carbons (Fsp3) is 0.296. The fourth-order valence-corrected chi connectivity index (χ4v) is 3.95. The molecule has 3 rings (SSSR count). The van der Waals surface area contributed by atoms with E-state index < -0.39 is 0 Å². The maximum atomic E-state index is 13.1. The summed E-state index contributed by atoms with van der Waals surface area (Å²) in [4.78, 5) is 38.6. The fourth-order valence-electron chi connectivity index (χ4n) is 3.95. The molecule has 0 saturated carbocycles. The second-order valence-corrected chi connectivity index (χ2v) is 8.49. The van der Waals surface area contributed by atoms with Crippen molar-refractivity contribution in [2.45, 2.75) is 34.6 Å². The van der Waals surface area contributed by atoms with E-state index >= 15 is 0 Å². The maximum absolute atomic E-state index is 13.1. The van der Waals surface area contributed by atoms with E-state index in [1.165, 1.54) is 12.5 Å². The van der Waals surface area contributed by atoms with Crippen molar-refractivity contribution in [3.8, 4) is 5.69 Å². The first-order valence-electron chi connectivity index (χ1n) is 11.4. The van der Waals surface area contributed by atoms with Crippen LogP contribution in [0.3, 0.4) is 0 Å². The van der Waals surface area contributed by atoms with Crippen molar-refractivity contribution < 1.29 is 14.4 Å². The molecule has 2 aromatic carbocycles. The van der Waals surface area contributed by atoms with Crippen LogP contribution in [0.1, 0.15) is 41.2 Å². The molecule has 1 heterocycles. The van der Waals surface area contributed by atoms with Gasteiger partial charge in [0.15, 0.2) is 5.78 Å². The average molecular weight is 461 g/mol. The lowest BCUT2D eigenvalue weighted by molar-refractivity contribution is -0.117. The number of amides is 2. The zero-order valence-corrected chi connectivity index (χ0v) is 20.4. The molecule has 2 N–H and O–H groups in total. The highest BCUT2D eigenvalue weighted by Crippen LogP contribution is 2.22. The predicted octanol–water partition coefficient (Wildman–Crippen LogP) is 4.50. The Bertz CT molecular complexity index is 1180. The number of hydrogen-bond acceptors (Lipinski definition) is 4. The van der Waals surface area contributed by atoms with Crippen LogP contribution in [0.4, 0.5) is 11.4 Å². The van der Waals surface area contributed by atoms with Gasteiger partial charge in [-0.1, -0.05) is 24.6 Å². The summed E-state index contributed by atoms with van der Waals surface area (Å²) in [6.45, 7) is 10.2. The second kappa shape index (κ2) is 10.9. The topological polar surface area (TPSA) is 83.4 Å². The zero-order valence-electron chi connectivity index (χ0n) is 20.4. The van der Waals surface area contributed by atoms with Crippen molar-refractivity contribution in [3.05, 3.63) is 77.1 Å². The first kappa shape index (κ1) is 24.9. The van der Waals surface area contributed by atoms with Gasteiger partial charge in [-0.2, -0.15) is 0 Å². The number of nitrogens with zero attached hydrogens (tertiary/aromatic N) is 2. The molecule has 34 heavy (non-hydrogen) atoms. The van der Waals surface area contributed by atoms with Gasteiger partial charge < -0.3 is 15.2 Å². The van der Waals surface area contributed by atoms with E-state index in [1.807, 2.05) is 38.7 Å². The average Bonchev–Trinajstić information content (AvgIpc) is 3.09. The van der Waals surface area contributed by atoms with Crippen molar-refractivity contribution in [3.63, 3.8) is 0 Å². The van der Waals surface area contributed by atoms with E-state index in [2.05, 4.69) is 39.5 Å². The van der Waals surface area contributed by atoms with Crippen molar-refractivity contribution in [1.29, 1.82) is 0 Å². The minimum Gasteiger partial charge on any atom is -0.326 e. The normalized spacial score (nSPS) is 10.9. The Labute approximate surface area is 200 Å². The molecule has 0 aliphatic carbocycles. The molecule has 1 aromatic heterocycles. The number of nitrogens with one attached hydrogen (secondary N) is 2. The lowest BCUT2D eigenvalue weighted by Gasteiger charge is -2.19. The number of aryl methyl sites for hydroxylation is 2.